The van der Waals surface area contributed by atoms with E-state index in [0.717, 1.165) is 12.2 Å². The third-order valence-corrected chi connectivity index (χ3v) is 4.74. The van der Waals surface area contributed by atoms with E-state index in [0.29, 0.717) is 10.9 Å². The topological polar surface area (TPSA) is 21.3 Å². The van der Waals surface area contributed by atoms with E-state index in [1.54, 1.807) is 7.11 Å². The molecule has 2 unspecified atom stereocenters. The first-order chi connectivity index (χ1) is 10.2. The number of likely N-dealkylation sites (N-methyl/N-ethyl adjacent to an activating group) is 1. The van der Waals surface area contributed by atoms with Gasteiger partial charge in [0.25, 0.3) is 0 Å². The number of aryl methyl sites for hydroxylation is 1. The second-order valence-corrected chi connectivity index (χ2v) is 5.91. The van der Waals surface area contributed by atoms with Gasteiger partial charge in [-0.2, -0.15) is 0 Å². The highest BCUT2D eigenvalue weighted by Gasteiger charge is 2.29. The first kappa shape index (κ1) is 14.4. The number of ether oxygens (including phenoxy) is 1. The number of benzene rings is 2. The number of hydrogen-bond acceptors (Lipinski definition) is 2. The van der Waals surface area contributed by atoms with E-state index in [-0.39, 0.29) is 6.04 Å². The molecule has 0 heterocycles. The highest BCUT2D eigenvalue weighted by atomic mass is 35.5. The molecule has 3 heteroatoms. The van der Waals surface area contributed by atoms with Crippen molar-refractivity contribution in [2.45, 2.75) is 24.8 Å². The van der Waals surface area contributed by atoms with Crippen molar-refractivity contribution < 1.29 is 4.74 Å². The lowest BCUT2D eigenvalue weighted by atomic mass is 9.88. The van der Waals surface area contributed by atoms with Gasteiger partial charge in [-0.15, -0.1) is 0 Å². The Bertz CT molecular complexity index is 641. The third-order valence-electron chi connectivity index (χ3n) is 4.43. The first-order valence-corrected chi connectivity index (χ1v) is 7.71. The summed E-state index contributed by atoms with van der Waals surface area (Å²) in [5, 5.41) is 4.13. The summed E-state index contributed by atoms with van der Waals surface area (Å²) in [5.74, 6) is 1.23. The SMILES string of the molecule is CNC(c1ccc(Cl)c(OC)c1)C1CCc2ccccc21. The maximum atomic E-state index is 6.14. The maximum absolute atomic E-state index is 6.14. The molecule has 2 aromatic rings. The standard InChI is InChI=1S/C18H20ClNO/c1-20-18(13-8-10-16(19)17(11-13)21-2)15-9-7-12-5-3-4-6-14(12)15/h3-6,8,10-11,15,18,20H,7,9H2,1-2H3. The summed E-state index contributed by atoms with van der Waals surface area (Å²) in [4.78, 5) is 0. The molecule has 0 radical (unpaired) electrons. The van der Waals surface area contributed by atoms with Crippen LogP contribution in [0.4, 0.5) is 0 Å². The Labute approximate surface area is 131 Å². The molecule has 110 valence electrons. The van der Waals surface area contributed by atoms with Gasteiger partial charge in [-0.1, -0.05) is 41.9 Å². The van der Waals surface area contributed by atoms with E-state index in [9.17, 15) is 0 Å². The average Bonchev–Trinajstić information content (AvgIpc) is 2.94. The van der Waals surface area contributed by atoms with Crippen LogP contribution in [0.2, 0.25) is 5.02 Å². The van der Waals surface area contributed by atoms with Crippen molar-refractivity contribution in [2.24, 2.45) is 0 Å². The lowest BCUT2D eigenvalue weighted by Gasteiger charge is -2.25. The Kier molecular flexibility index (Phi) is 4.18. The lowest BCUT2D eigenvalue weighted by molar-refractivity contribution is 0.411. The normalized spacial score (nSPS) is 18.3. The molecule has 0 amide bonds. The van der Waals surface area contributed by atoms with Crippen molar-refractivity contribution in [3.05, 3.63) is 64.2 Å². The van der Waals surface area contributed by atoms with Crippen molar-refractivity contribution >= 4 is 11.6 Å². The first-order valence-electron chi connectivity index (χ1n) is 7.33. The van der Waals surface area contributed by atoms with Gasteiger partial charge in [-0.05, 0) is 48.7 Å². The van der Waals surface area contributed by atoms with Crippen molar-refractivity contribution in [2.75, 3.05) is 14.2 Å². The minimum atomic E-state index is 0.278. The van der Waals surface area contributed by atoms with E-state index in [1.807, 2.05) is 19.2 Å². The van der Waals surface area contributed by atoms with Crippen LogP contribution in [0.1, 0.15) is 35.1 Å². The van der Waals surface area contributed by atoms with Crippen molar-refractivity contribution in [3.8, 4) is 5.75 Å². The molecule has 21 heavy (non-hydrogen) atoms. The second kappa shape index (κ2) is 6.08. The van der Waals surface area contributed by atoms with Gasteiger partial charge >= 0.3 is 0 Å². The largest absolute Gasteiger partial charge is 0.495 e. The van der Waals surface area contributed by atoms with Gasteiger partial charge in [-0.3, -0.25) is 0 Å². The molecular formula is C18H20ClNO. The minimum absolute atomic E-state index is 0.278. The smallest absolute Gasteiger partial charge is 0.137 e. The molecule has 2 aromatic carbocycles. The molecule has 0 saturated carbocycles. The molecule has 2 nitrogen and oxygen atoms in total. The van der Waals surface area contributed by atoms with E-state index in [2.05, 4.69) is 35.6 Å². The van der Waals surface area contributed by atoms with Crippen LogP contribution in [0, 0.1) is 0 Å². The van der Waals surface area contributed by atoms with Gasteiger partial charge in [0.2, 0.25) is 0 Å². The summed E-state index contributed by atoms with van der Waals surface area (Å²) in [7, 11) is 3.68. The monoisotopic (exact) mass is 301 g/mol. The summed E-state index contributed by atoms with van der Waals surface area (Å²) in [6.45, 7) is 0. The van der Waals surface area contributed by atoms with Crippen LogP contribution in [0.15, 0.2) is 42.5 Å². The highest BCUT2D eigenvalue weighted by molar-refractivity contribution is 6.32. The van der Waals surface area contributed by atoms with Crippen molar-refractivity contribution in [1.29, 1.82) is 0 Å². The zero-order valence-corrected chi connectivity index (χ0v) is 13.2. The van der Waals surface area contributed by atoms with E-state index < -0.39 is 0 Å². The predicted octanol–water partition coefficient (Wildman–Crippen LogP) is 4.34. The fraction of sp³-hybridized carbons (Fsp3) is 0.333. The molecule has 0 aromatic heterocycles. The van der Waals surface area contributed by atoms with Crippen LogP contribution in [-0.4, -0.2) is 14.2 Å². The molecule has 1 aliphatic carbocycles. The average molecular weight is 302 g/mol. The summed E-state index contributed by atoms with van der Waals surface area (Å²) in [6.07, 6.45) is 2.33. The van der Waals surface area contributed by atoms with Gasteiger partial charge in [-0.25, -0.2) is 0 Å². The summed E-state index contributed by atoms with van der Waals surface area (Å²) in [5.41, 5.74) is 4.16. The molecular weight excluding hydrogens is 282 g/mol. The molecule has 0 saturated heterocycles. The van der Waals surface area contributed by atoms with Crippen LogP contribution in [0.5, 0.6) is 5.75 Å². The summed E-state index contributed by atoms with van der Waals surface area (Å²) in [6, 6.07) is 15.1. The zero-order chi connectivity index (χ0) is 14.8. The fourth-order valence-corrected chi connectivity index (χ4v) is 3.60. The number of methoxy groups -OCH3 is 1. The van der Waals surface area contributed by atoms with E-state index in [1.165, 1.54) is 23.1 Å². The number of halogens is 1. The van der Waals surface area contributed by atoms with Gasteiger partial charge in [0.15, 0.2) is 0 Å². The molecule has 2 atom stereocenters. The van der Waals surface area contributed by atoms with Crippen LogP contribution < -0.4 is 10.1 Å². The molecule has 0 fully saturated rings. The molecule has 1 aliphatic rings. The van der Waals surface area contributed by atoms with E-state index in [4.69, 9.17) is 16.3 Å². The van der Waals surface area contributed by atoms with Crippen LogP contribution in [0.3, 0.4) is 0 Å². The minimum Gasteiger partial charge on any atom is -0.495 e. The number of nitrogens with one attached hydrogen (secondary N) is 1. The number of rotatable bonds is 4. The van der Waals surface area contributed by atoms with Gasteiger partial charge in [0.05, 0.1) is 12.1 Å². The van der Waals surface area contributed by atoms with Crippen molar-refractivity contribution in [3.63, 3.8) is 0 Å². The Morgan fingerprint density at radius 1 is 1.24 bits per heavy atom. The molecule has 0 aliphatic heterocycles. The van der Waals surface area contributed by atoms with Gasteiger partial charge in [0.1, 0.15) is 5.75 Å². The van der Waals surface area contributed by atoms with Gasteiger partial charge < -0.3 is 10.1 Å². The Morgan fingerprint density at radius 3 is 2.81 bits per heavy atom. The summed E-state index contributed by atoms with van der Waals surface area (Å²) < 4.78 is 5.35. The maximum Gasteiger partial charge on any atom is 0.137 e. The Balaban J connectivity index is 1.96. The lowest BCUT2D eigenvalue weighted by Crippen LogP contribution is -2.22. The summed E-state index contributed by atoms with van der Waals surface area (Å²) >= 11 is 6.14. The van der Waals surface area contributed by atoms with Crippen LogP contribution >= 0.6 is 11.6 Å². The quantitative estimate of drug-likeness (QED) is 0.907. The van der Waals surface area contributed by atoms with Crippen LogP contribution in [-0.2, 0) is 6.42 Å². The number of hydrogen-bond donors (Lipinski definition) is 1. The van der Waals surface area contributed by atoms with E-state index >= 15 is 0 Å². The second-order valence-electron chi connectivity index (χ2n) is 5.50. The van der Waals surface area contributed by atoms with Gasteiger partial charge in [0, 0.05) is 12.0 Å². The third kappa shape index (κ3) is 2.66. The number of fused-ring (bicyclic) bond motifs is 1. The fourth-order valence-electron chi connectivity index (χ4n) is 3.41. The molecule has 1 N–H and O–H groups in total. The molecule has 0 bridgehead atoms. The van der Waals surface area contributed by atoms with Crippen molar-refractivity contribution in [1.82, 2.24) is 5.32 Å². The molecule has 0 spiro atoms. The molecule has 3 rings (SSSR count). The predicted molar refractivity (Wildman–Crippen MR) is 87.3 cm³/mol. The van der Waals surface area contributed by atoms with Crippen LogP contribution in [0.25, 0.3) is 0 Å². The Hall–Kier alpha value is -1.51. The zero-order valence-electron chi connectivity index (χ0n) is 12.4. The highest BCUT2D eigenvalue weighted by Crippen LogP contribution is 2.42. The Morgan fingerprint density at radius 2 is 2.05 bits per heavy atom.